The van der Waals surface area contributed by atoms with Crippen molar-refractivity contribution in [3.8, 4) is 17.2 Å². The minimum atomic E-state index is 0.542. The fourth-order valence-electron chi connectivity index (χ4n) is 1.18. The van der Waals surface area contributed by atoms with Gasteiger partial charge in [-0.15, -0.1) is 0 Å². The molecule has 4 heteroatoms. The first-order chi connectivity index (χ1) is 6.76. The molecule has 76 valence electrons. The minimum absolute atomic E-state index is 0.542. The molecule has 1 rings (SSSR count). The second kappa shape index (κ2) is 4.50. The predicted molar refractivity (Wildman–Crippen MR) is 54.0 cm³/mol. The molecule has 0 radical (unpaired) electrons. The predicted octanol–water partition coefficient (Wildman–Crippen LogP) is 1.71. The molecule has 0 unspecified atom stereocenters. The summed E-state index contributed by atoms with van der Waals surface area (Å²) in [4.78, 5) is 0. The molecule has 1 aromatic carbocycles. The van der Waals surface area contributed by atoms with Crippen LogP contribution in [0.15, 0.2) is 12.1 Å². The zero-order chi connectivity index (χ0) is 10.6. The summed E-state index contributed by atoms with van der Waals surface area (Å²) in [6.07, 6.45) is 1.23. The zero-order valence-corrected chi connectivity index (χ0v) is 8.46. The summed E-state index contributed by atoms with van der Waals surface area (Å²) in [6.45, 7) is 0. The fourth-order valence-corrected chi connectivity index (χ4v) is 1.18. The molecular formula is C10H13NO3. The summed E-state index contributed by atoms with van der Waals surface area (Å²) in [5.74, 6) is 1.66. The smallest absolute Gasteiger partial charge is 0.203 e. The van der Waals surface area contributed by atoms with E-state index in [9.17, 15) is 0 Å². The van der Waals surface area contributed by atoms with Gasteiger partial charge in [0.05, 0.1) is 21.3 Å². The summed E-state index contributed by atoms with van der Waals surface area (Å²) in [5, 5.41) is 7.14. The quantitative estimate of drug-likeness (QED) is 0.744. The summed E-state index contributed by atoms with van der Waals surface area (Å²) in [6, 6.07) is 3.43. The van der Waals surface area contributed by atoms with E-state index in [4.69, 9.17) is 19.6 Å². The molecule has 0 saturated carbocycles. The lowest BCUT2D eigenvalue weighted by atomic mass is 10.2. The molecule has 1 aromatic rings. The van der Waals surface area contributed by atoms with E-state index in [1.54, 1.807) is 33.5 Å². The third kappa shape index (κ3) is 1.79. The van der Waals surface area contributed by atoms with Gasteiger partial charge < -0.3 is 19.6 Å². The van der Waals surface area contributed by atoms with Crippen LogP contribution in [0.3, 0.4) is 0 Å². The molecular weight excluding hydrogens is 182 g/mol. The lowest BCUT2D eigenvalue weighted by Gasteiger charge is -2.12. The first kappa shape index (κ1) is 10.4. The van der Waals surface area contributed by atoms with Crippen LogP contribution in [0.1, 0.15) is 5.56 Å². The lowest BCUT2D eigenvalue weighted by molar-refractivity contribution is 0.324. The molecule has 4 nitrogen and oxygen atoms in total. The minimum Gasteiger partial charge on any atom is -0.493 e. The Hall–Kier alpha value is -1.71. The molecule has 0 heterocycles. The van der Waals surface area contributed by atoms with Gasteiger partial charge in [0.25, 0.3) is 0 Å². The number of hydrogen-bond acceptors (Lipinski definition) is 4. The van der Waals surface area contributed by atoms with Gasteiger partial charge in [-0.25, -0.2) is 0 Å². The number of rotatable bonds is 4. The molecule has 0 aliphatic heterocycles. The van der Waals surface area contributed by atoms with Crippen LogP contribution >= 0.6 is 0 Å². The summed E-state index contributed by atoms with van der Waals surface area (Å²) < 4.78 is 15.4. The second-order valence-corrected chi connectivity index (χ2v) is 2.60. The largest absolute Gasteiger partial charge is 0.493 e. The van der Waals surface area contributed by atoms with E-state index in [-0.39, 0.29) is 0 Å². The highest BCUT2D eigenvalue weighted by Crippen LogP contribution is 2.37. The van der Waals surface area contributed by atoms with E-state index in [0.29, 0.717) is 22.8 Å². The van der Waals surface area contributed by atoms with Crippen molar-refractivity contribution in [2.24, 2.45) is 0 Å². The number of nitrogens with one attached hydrogen (secondary N) is 1. The molecule has 0 atom stereocenters. The SMILES string of the molecule is COc1cc(C=N)cc(OC)c1OC. The van der Waals surface area contributed by atoms with E-state index in [0.717, 1.165) is 0 Å². The Morgan fingerprint density at radius 2 is 1.50 bits per heavy atom. The van der Waals surface area contributed by atoms with Crippen LogP contribution in [-0.2, 0) is 0 Å². The molecule has 0 bridgehead atoms. The molecule has 0 fully saturated rings. The highest BCUT2D eigenvalue weighted by Gasteiger charge is 2.11. The number of methoxy groups -OCH3 is 3. The standard InChI is InChI=1S/C10H13NO3/c1-12-8-4-7(6-11)5-9(13-2)10(8)14-3/h4-6,11H,1-3H3. The molecule has 0 aliphatic carbocycles. The van der Waals surface area contributed by atoms with Crippen molar-refractivity contribution in [2.75, 3.05) is 21.3 Å². The maximum absolute atomic E-state index is 7.14. The maximum atomic E-state index is 7.14. The Morgan fingerprint density at radius 3 is 1.79 bits per heavy atom. The molecule has 1 N–H and O–H groups in total. The van der Waals surface area contributed by atoms with Gasteiger partial charge in [0, 0.05) is 6.21 Å². The van der Waals surface area contributed by atoms with E-state index in [1.807, 2.05) is 0 Å². The van der Waals surface area contributed by atoms with Crippen LogP contribution in [0.5, 0.6) is 17.2 Å². The molecule has 0 amide bonds. The van der Waals surface area contributed by atoms with Crippen LogP contribution in [0.4, 0.5) is 0 Å². The Kier molecular flexibility index (Phi) is 3.34. The van der Waals surface area contributed by atoms with Gasteiger partial charge in [-0.05, 0) is 17.7 Å². The summed E-state index contributed by atoms with van der Waals surface area (Å²) in [7, 11) is 4.64. The topological polar surface area (TPSA) is 51.5 Å². The molecule has 0 saturated heterocycles. The van der Waals surface area contributed by atoms with Gasteiger partial charge in [0.15, 0.2) is 11.5 Å². The van der Waals surface area contributed by atoms with E-state index >= 15 is 0 Å². The highest BCUT2D eigenvalue weighted by atomic mass is 16.5. The zero-order valence-electron chi connectivity index (χ0n) is 8.46. The van der Waals surface area contributed by atoms with Crippen LogP contribution in [0, 0.1) is 5.41 Å². The van der Waals surface area contributed by atoms with Crippen molar-refractivity contribution in [3.63, 3.8) is 0 Å². The highest BCUT2D eigenvalue weighted by molar-refractivity contribution is 5.80. The Morgan fingerprint density at radius 1 is 1.00 bits per heavy atom. The third-order valence-electron chi connectivity index (χ3n) is 1.85. The number of ether oxygens (including phenoxy) is 3. The van der Waals surface area contributed by atoms with Crippen molar-refractivity contribution in [1.29, 1.82) is 5.41 Å². The van der Waals surface area contributed by atoms with Crippen LogP contribution in [-0.4, -0.2) is 27.5 Å². The van der Waals surface area contributed by atoms with Crippen LogP contribution < -0.4 is 14.2 Å². The Bertz CT molecular complexity index is 311. The normalized spacial score (nSPS) is 9.36. The first-order valence-corrected chi connectivity index (χ1v) is 4.07. The first-order valence-electron chi connectivity index (χ1n) is 4.07. The van der Waals surface area contributed by atoms with Crippen molar-refractivity contribution < 1.29 is 14.2 Å². The van der Waals surface area contributed by atoms with Crippen molar-refractivity contribution in [2.45, 2.75) is 0 Å². The molecule has 14 heavy (non-hydrogen) atoms. The molecule has 0 spiro atoms. The summed E-state index contributed by atoms with van der Waals surface area (Å²) >= 11 is 0. The van der Waals surface area contributed by atoms with Crippen LogP contribution in [0.25, 0.3) is 0 Å². The third-order valence-corrected chi connectivity index (χ3v) is 1.85. The van der Waals surface area contributed by atoms with Gasteiger partial charge in [-0.1, -0.05) is 0 Å². The van der Waals surface area contributed by atoms with Gasteiger partial charge in [-0.3, -0.25) is 0 Å². The van der Waals surface area contributed by atoms with Crippen molar-refractivity contribution >= 4 is 6.21 Å². The molecule has 0 aliphatic rings. The van der Waals surface area contributed by atoms with E-state index in [1.165, 1.54) is 6.21 Å². The van der Waals surface area contributed by atoms with Crippen molar-refractivity contribution in [3.05, 3.63) is 17.7 Å². The second-order valence-electron chi connectivity index (χ2n) is 2.60. The molecule has 0 aromatic heterocycles. The average molecular weight is 195 g/mol. The lowest BCUT2D eigenvalue weighted by Crippen LogP contribution is -1.96. The van der Waals surface area contributed by atoms with Gasteiger partial charge in [0.1, 0.15) is 0 Å². The Balaban J connectivity index is 3.31. The summed E-state index contributed by atoms with van der Waals surface area (Å²) in [5.41, 5.74) is 0.708. The Labute approximate surface area is 82.9 Å². The van der Waals surface area contributed by atoms with Gasteiger partial charge in [-0.2, -0.15) is 0 Å². The van der Waals surface area contributed by atoms with Gasteiger partial charge >= 0.3 is 0 Å². The maximum Gasteiger partial charge on any atom is 0.203 e. The van der Waals surface area contributed by atoms with Gasteiger partial charge in [0.2, 0.25) is 5.75 Å². The van der Waals surface area contributed by atoms with E-state index in [2.05, 4.69) is 0 Å². The monoisotopic (exact) mass is 195 g/mol. The average Bonchev–Trinajstić information content (AvgIpc) is 2.26. The van der Waals surface area contributed by atoms with E-state index < -0.39 is 0 Å². The van der Waals surface area contributed by atoms with Crippen LogP contribution in [0.2, 0.25) is 0 Å². The fraction of sp³-hybridized carbons (Fsp3) is 0.300. The number of benzene rings is 1. The van der Waals surface area contributed by atoms with Crippen molar-refractivity contribution in [1.82, 2.24) is 0 Å². The number of hydrogen-bond donors (Lipinski definition) is 1.